The van der Waals surface area contributed by atoms with Crippen molar-refractivity contribution >= 4 is 35.1 Å². The lowest BCUT2D eigenvalue weighted by Crippen LogP contribution is -2.47. The molecule has 210 valence electrons. The van der Waals surface area contributed by atoms with E-state index < -0.39 is 19.0 Å². The zero-order chi connectivity index (χ0) is 30.7. The predicted molar refractivity (Wildman–Crippen MR) is 141 cm³/mol. The van der Waals surface area contributed by atoms with Crippen molar-refractivity contribution in [1.82, 2.24) is 35.5 Å². The van der Waals surface area contributed by atoms with Crippen LogP contribution in [0.15, 0.2) is 28.8 Å². The average Bonchev–Trinajstić information content (AvgIpc) is 3.71. The van der Waals surface area contributed by atoms with E-state index in [1.165, 1.54) is 18.1 Å². The van der Waals surface area contributed by atoms with Crippen molar-refractivity contribution in [2.45, 2.75) is 19.4 Å². The number of ether oxygens (including phenoxy) is 1. The summed E-state index contributed by atoms with van der Waals surface area (Å²) in [5, 5.41) is 28.6. The fourth-order valence-corrected chi connectivity index (χ4v) is 4.24. The third kappa shape index (κ3) is 5.93. The molecular weight excluding hydrogens is 522 g/mol. The maximum Gasteiger partial charge on any atom is 0.407 e. The normalized spacial score (nSPS) is 16.8. The Balaban J connectivity index is 1.39. The number of carbonyl (C=O) groups is 3. The van der Waals surface area contributed by atoms with E-state index in [2.05, 4.69) is 31.0 Å². The third-order valence-corrected chi connectivity index (χ3v) is 6.52. The van der Waals surface area contributed by atoms with Gasteiger partial charge in [-0.15, -0.1) is 10.2 Å². The van der Waals surface area contributed by atoms with Crippen LogP contribution in [0.4, 0.5) is 22.0 Å². The Morgan fingerprint density at radius 3 is 2.67 bits per heavy atom. The Morgan fingerprint density at radius 2 is 1.98 bits per heavy atom. The molecule has 0 unspecified atom stereocenters. The highest BCUT2D eigenvalue weighted by atomic mass is 16.5. The Kier molecular flexibility index (Phi) is 6.67. The van der Waals surface area contributed by atoms with E-state index in [0.29, 0.717) is 49.9 Å². The maximum absolute atomic E-state index is 12.8. The topological polar surface area (TPSA) is 188 Å². The van der Waals surface area contributed by atoms with Gasteiger partial charge >= 0.3 is 6.09 Å². The second-order valence-corrected chi connectivity index (χ2v) is 9.28. The fourth-order valence-electron chi connectivity index (χ4n) is 4.24. The van der Waals surface area contributed by atoms with Crippen LogP contribution in [0.3, 0.4) is 0 Å². The number of nitrogens with one attached hydrogen (secondary N) is 3. The number of anilines is 3. The zero-order valence-corrected chi connectivity index (χ0v) is 21.5. The van der Waals surface area contributed by atoms with Crippen LogP contribution in [0.2, 0.25) is 0 Å². The van der Waals surface area contributed by atoms with Gasteiger partial charge in [0.05, 0.1) is 30.6 Å². The molecule has 5 rings (SSSR count). The van der Waals surface area contributed by atoms with Gasteiger partial charge in [0.2, 0.25) is 17.6 Å². The molecular formula is C25H29N9O6. The summed E-state index contributed by atoms with van der Waals surface area (Å²) in [4.78, 5) is 44.1. The zero-order valence-electron chi connectivity index (χ0n) is 24.5. The van der Waals surface area contributed by atoms with Crippen molar-refractivity contribution in [3.63, 3.8) is 0 Å². The summed E-state index contributed by atoms with van der Waals surface area (Å²) in [5.41, 5.74) is 0.549. The van der Waals surface area contributed by atoms with Crippen molar-refractivity contribution < 1.29 is 32.9 Å². The molecule has 1 aliphatic heterocycles. The highest BCUT2D eigenvalue weighted by molar-refractivity contribution is 6.00. The van der Waals surface area contributed by atoms with Gasteiger partial charge in [-0.3, -0.25) is 14.5 Å². The van der Waals surface area contributed by atoms with E-state index in [1.807, 2.05) is 10.2 Å². The standard InChI is InChI=1S/C25H29N9O6/c1-26-24(36)20-17(12-18(30-31-20)28-23(35)14-6-7-14)27-16-5-3-4-15(21(16)39-2)22-29-19(40-32-22)13-33-8-10-34(11-9-33)25(37)38/h3-5,12,14H,6-11,13H2,1-2H3,(H,26,36)(H,37,38)(H2,27,28,30,35)/i1D3. The summed E-state index contributed by atoms with van der Waals surface area (Å²) >= 11 is 0. The van der Waals surface area contributed by atoms with Crippen molar-refractivity contribution in [2.24, 2.45) is 5.92 Å². The number of nitrogens with zero attached hydrogens (tertiary/aromatic N) is 6. The minimum atomic E-state index is -2.77. The molecule has 3 aromatic rings. The molecule has 1 saturated carbocycles. The van der Waals surface area contributed by atoms with Crippen LogP contribution in [-0.2, 0) is 11.3 Å². The van der Waals surface area contributed by atoms with Crippen molar-refractivity contribution in [3.05, 3.63) is 35.9 Å². The Hall–Kier alpha value is -4.79. The number of piperazine rings is 1. The number of aromatic nitrogens is 4. The molecule has 3 amide bonds. The SMILES string of the molecule is [2H]C([2H])([2H])NC(=O)c1nnc(NC(=O)C2CC2)cc1Nc1cccc(-c2noc(CN3CCN(C(=O)O)CC3)n2)c1OC. The van der Waals surface area contributed by atoms with Gasteiger partial charge in [0, 0.05) is 49.3 Å². The number of rotatable bonds is 9. The van der Waals surface area contributed by atoms with Crippen molar-refractivity contribution in [2.75, 3.05) is 50.9 Å². The second-order valence-electron chi connectivity index (χ2n) is 9.28. The molecule has 4 N–H and O–H groups in total. The first kappa shape index (κ1) is 23.1. The van der Waals surface area contributed by atoms with E-state index in [1.54, 1.807) is 18.2 Å². The number of carbonyl (C=O) groups excluding carboxylic acids is 2. The van der Waals surface area contributed by atoms with Crippen molar-refractivity contribution in [1.29, 1.82) is 0 Å². The summed E-state index contributed by atoms with van der Waals surface area (Å²) in [6.07, 6.45) is 0.589. The largest absolute Gasteiger partial charge is 0.494 e. The second kappa shape index (κ2) is 11.5. The molecule has 2 aromatic heterocycles. The number of hydrogen-bond donors (Lipinski definition) is 4. The Labute approximate surface area is 233 Å². The van der Waals surface area contributed by atoms with Gasteiger partial charge in [-0.05, 0) is 25.0 Å². The summed E-state index contributed by atoms with van der Waals surface area (Å²) in [7, 11) is 1.43. The molecule has 1 saturated heterocycles. The molecule has 0 radical (unpaired) electrons. The quantitative estimate of drug-likeness (QED) is 0.301. The third-order valence-electron chi connectivity index (χ3n) is 6.52. The van der Waals surface area contributed by atoms with Gasteiger partial charge in [-0.1, -0.05) is 11.2 Å². The monoisotopic (exact) mass is 554 g/mol. The van der Waals surface area contributed by atoms with E-state index in [-0.39, 0.29) is 40.6 Å². The lowest BCUT2D eigenvalue weighted by atomic mass is 10.1. The molecule has 1 aromatic carbocycles. The van der Waals surface area contributed by atoms with Crippen molar-refractivity contribution in [3.8, 4) is 17.1 Å². The first-order chi connectivity index (χ1) is 20.5. The maximum atomic E-state index is 12.8. The lowest BCUT2D eigenvalue weighted by molar-refractivity contribution is -0.117. The number of benzene rings is 1. The molecule has 3 heterocycles. The first-order valence-electron chi connectivity index (χ1n) is 14.0. The van der Waals surface area contributed by atoms with Gasteiger partial charge in [-0.25, -0.2) is 4.79 Å². The van der Waals surface area contributed by atoms with Crippen LogP contribution >= 0.6 is 0 Å². The minimum absolute atomic E-state index is 0.0626. The highest BCUT2D eigenvalue weighted by Gasteiger charge is 2.30. The van der Waals surface area contributed by atoms with Gasteiger partial charge in [0.1, 0.15) is 0 Å². The van der Waals surface area contributed by atoms with Crippen LogP contribution in [0.1, 0.15) is 33.3 Å². The Morgan fingerprint density at radius 1 is 1.18 bits per heavy atom. The number of para-hydroxylation sites is 1. The average molecular weight is 555 g/mol. The molecule has 40 heavy (non-hydrogen) atoms. The van der Waals surface area contributed by atoms with Gasteiger partial charge in [0.15, 0.2) is 17.3 Å². The van der Waals surface area contributed by atoms with Gasteiger partial charge in [-0.2, -0.15) is 4.98 Å². The van der Waals surface area contributed by atoms with Crippen LogP contribution < -0.4 is 20.7 Å². The predicted octanol–water partition coefficient (Wildman–Crippen LogP) is 1.78. The number of hydrogen-bond acceptors (Lipinski definition) is 11. The molecule has 1 aliphatic carbocycles. The van der Waals surface area contributed by atoms with E-state index in [9.17, 15) is 14.4 Å². The summed E-state index contributed by atoms with van der Waals surface area (Å²) in [5.74, 6) is -0.419. The van der Waals surface area contributed by atoms with Crippen LogP contribution in [0.25, 0.3) is 11.4 Å². The number of carboxylic acid groups (broad SMARTS) is 1. The smallest absolute Gasteiger partial charge is 0.407 e. The molecule has 15 nitrogen and oxygen atoms in total. The van der Waals surface area contributed by atoms with Crippen LogP contribution in [-0.4, -0.2) is 93.4 Å². The Bertz CT molecular complexity index is 1520. The first-order valence-corrected chi connectivity index (χ1v) is 12.5. The van der Waals surface area contributed by atoms with E-state index in [0.717, 1.165) is 12.8 Å². The molecule has 0 spiro atoms. The molecule has 2 fully saturated rings. The van der Waals surface area contributed by atoms with Gasteiger partial charge in [0.25, 0.3) is 5.91 Å². The number of amides is 3. The minimum Gasteiger partial charge on any atom is -0.494 e. The van der Waals surface area contributed by atoms with Crippen LogP contribution in [0.5, 0.6) is 5.75 Å². The summed E-state index contributed by atoms with van der Waals surface area (Å²) in [6.45, 7) is -0.644. The fraction of sp³-hybridized carbons (Fsp3) is 0.400. The molecule has 15 heteroatoms. The summed E-state index contributed by atoms with van der Waals surface area (Å²) in [6, 6.07) is 6.43. The molecule has 0 bridgehead atoms. The van der Waals surface area contributed by atoms with E-state index in [4.69, 9.17) is 18.5 Å². The van der Waals surface area contributed by atoms with Crippen LogP contribution in [0, 0.1) is 5.92 Å². The lowest BCUT2D eigenvalue weighted by Gasteiger charge is -2.31. The number of methoxy groups -OCH3 is 1. The molecule has 2 aliphatic rings. The molecule has 0 atom stereocenters. The van der Waals surface area contributed by atoms with Gasteiger partial charge < -0.3 is 35.2 Å². The van der Waals surface area contributed by atoms with E-state index >= 15 is 0 Å². The summed E-state index contributed by atoms with van der Waals surface area (Å²) < 4.78 is 33.3. The highest BCUT2D eigenvalue weighted by Crippen LogP contribution is 2.37.